The third kappa shape index (κ3) is 4.78. The van der Waals surface area contributed by atoms with Gasteiger partial charge in [0.05, 0.1) is 6.21 Å². The summed E-state index contributed by atoms with van der Waals surface area (Å²) in [6.45, 7) is 0.498. The van der Waals surface area contributed by atoms with Crippen LogP contribution in [0.1, 0.15) is 21.6 Å². The number of aryl methyl sites for hydroxylation is 1. The molecular formula is C19H18N4O2. The molecule has 0 fully saturated rings. The molecule has 25 heavy (non-hydrogen) atoms. The van der Waals surface area contributed by atoms with E-state index < -0.39 is 0 Å². The Hall–Kier alpha value is -3.41. The van der Waals surface area contributed by atoms with Gasteiger partial charge in [-0.15, -0.1) is 0 Å². The maximum Gasteiger partial charge on any atom is 0.291 e. The molecule has 1 amide bonds. The molecule has 6 heteroatoms. The standard InChI is InChI=1S/C19H18N4O2/c1-23-11-10-18(22-23)19(24)21-20-13-16-8-5-9-17(12-16)25-14-15-6-3-2-4-7-15/h2-13H,14H2,1H3,(H,21,24)/b20-13-. The van der Waals surface area contributed by atoms with Crippen molar-refractivity contribution < 1.29 is 9.53 Å². The number of nitrogens with zero attached hydrogens (tertiary/aromatic N) is 3. The lowest BCUT2D eigenvalue weighted by Crippen LogP contribution is -2.18. The van der Waals surface area contributed by atoms with Gasteiger partial charge in [-0.05, 0) is 29.3 Å². The molecule has 0 saturated heterocycles. The molecule has 6 nitrogen and oxygen atoms in total. The minimum Gasteiger partial charge on any atom is -0.489 e. The van der Waals surface area contributed by atoms with Gasteiger partial charge in [0.25, 0.3) is 5.91 Å². The van der Waals surface area contributed by atoms with Gasteiger partial charge in [-0.2, -0.15) is 10.2 Å². The fraction of sp³-hybridized carbons (Fsp3) is 0.105. The first-order valence-corrected chi connectivity index (χ1v) is 7.80. The number of rotatable bonds is 6. The molecule has 3 aromatic rings. The zero-order valence-corrected chi connectivity index (χ0v) is 13.8. The number of carbonyl (C=O) groups is 1. The minimum atomic E-state index is -0.353. The molecule has 1 N–H and O–H groups in total. The summed E-state index contributed by atoms with van der Waals surface area (Å²) in [4.78, 5) is 11.8. The van der Waals surface area contributed by atoms with E-state index in [1.54, 1.807) is 30.2 Å². The second kappa shape index (κ2) is 7.92. The summed E-state index contributed by atoms with van der Waals surface area (Å²) in [6, 6.07) is 19.1. The first kappa shape index (κ1) is 16.4. The zero-order valence-electron chi connectivity index (χ0n) is 13.8. The molecule has 1 heterocycles. The third-order valence-electron chi connectivity index (χ3n) is 3.43. The van der Waals surface area contributed by atoms with Crippen LogP contribution < -0.4 is 10.2 Å². The number of amides is 1. The zero-order chi connectivity index (χ0) is 17.5. The van der Waals surface area contributed by atoms with E-state index in [-0.39, 0.29) is 5.91 Å². The Morgan fingerprint density at radius 3 is 2.80 bits per heavy atom. The van der Waals surface area contributed by atoms with Crippen LogP contribution in [-0.4, -0.2) is 21.9 Å². The van der Waals surface area contributed by atoms with Crippen molar-refractivity contribution in [1.82, 2.24) is 15.2 Å². The molecule has 3 rings (SSSR count). The summed E-state index contributed by atoms with van der Waals surface area (Å²) >= 11 is 0. The Morgan fingerprint density at radius 2 is 2.04 bits per heavy atom. The van der Waals surface area contributed by atoms with Crippen LogP contribution in [-0.2, 0) is 13.7 Å². The highest BCUT2D eigenvalue weighted by Crippen LogP contribution is 2.14. The van der Waals surface area contributed by atoms with Gasteiger partial charge in [0.15, 0.2) is 5.69 Å². The van der Waals surface area contributed by atoms with Crippen molar-refractivity contribution in [1.29, 1.82) is 0 Å². The van der Waals surface area contributed by atoms with E-state index in [0.29, 0.717) is 12.3 Å². The van der Waals surface area contributed by atoms with Crippen molar-refractivity contribution >= 4 is 12.1 Å². The Kier molecular flexibility index (Phi) is 5.21. The summed E-state index contributed by atoms with van der Waals surface area (Å²) in [5.41, 5.74) is 4.70. The fourth-order valence-corrected chi connectivity index (χ4v) is 2.18. The van der Waals surface area contributed by atoms with Crippen LogP contribution in [0, 0.1) is 0 Å². The van der Waals surface area contributed by atoms with E-state index in [1.807, 2.05) is 54.6 Å². The van der Waals surface area contributed by atoms with E-state index in [4.69, 9.17) is 4.74 Å². The van der Waals surface area contributed by atoms with Crippen LogP contribution >= 0.6 is 0 Å². The van der Waals surface area contributed by atoms with Gasteiger partial charge in [0.2, 0.25) is 0 Å². The highest BCUT2D eigenvalue weighted by molar-refractivity contribution is 5.93. The smallest absolute Gasteiger partial charge is 0.291 e. The Labute approximate surface area is 145 Å². The Morgan fingerprint density at radius 1 is 1.20 bits per heavy atom. The minimum absolute atomic E-state index is 0.319. The molecule has 0 aliphatic carbocycles. The van der Waals surface area contributed by atoms with E-state index in [1.165, 1.54) is 0 Å². The SMILES string of the molecule is Cn1ccc(C(=O)N/N=C\c2cccc(OCc3ccccc3)c2)n1. The van der Waals surface area contributed by atoms with Crippen LogP contribution in [0.5, 0.6) is 5.75 Å². The van der Waals surface area contributed by atoms with Gasteiger partial charge in [-0.1, -0.05) is 42.5 Å². The first-order valence-electron chi connectivity index (χ1n) is 7.80. The van der Waals surface area contributed by atoms with Gasteiger partial charge in [-0.3, -0.25) is 9.48 Å². The summed E-state index contributed by atoms with van der Waals surface area (Å²) in [7, 11) is 1.75. The average Bonchev–Trinajstić information content (AvgIpc) is 3.08. The maximum absolute atomic E-state index is 11.8. The Balaban J connectivity index is 1.56. The number of hydrazone groups is 1. The van der Waals surface area contributed by atoms with Crippen molar-refractivity contribution in [3.63, 3.8) is 0 Å². The van der Waals surface area contributed by atoms with Gasteiger partial charge in [0, 0.05) is 13.2 Å². The van der Waals surface area contributed by atoms with Crippen LogP contribution in [0.2, 0.25) is 0 Å². The number of hydrogen-bond donors (Lipinski definition) is 1. The highest BCUT2D eigenvalue weighted by Gasteiger charge is 2.06. The van der Waals surface area contributed by atoms with E-state index in [9.17, 15) is 4.79 Å². The third-order valence-corrected chi connectivity index (χ3v) is 3.43. The molecule has 0 saturated carbocycles. The van der Waals surface area contributed by atoms with Crippen LogP contribution in [0.25, 0.3) is 0 Å². The van der Waals surface area contributed by atoms with Crippen LogP contribution in [0.3, 0.4) is 0 Å². The number of nitrogens with one attached hydrogen (secondary N) is 1. The lowest BCUT2D eigenvalue weighted by Gasteiger charge is -2.06. The van der Waals surface area contributed by atoms with Crippen molar-refractivity contribution in [3.05, 3.63) is 83.7 Å². The monoisotopic (exact) mass is 334 g/mol. The predicted molar refractivity (Wildman–Crippen MR) is 95.5 cm³/mol. The van der Waals surface area contributed by atoms with E-state index in [0.717, 1.165) is 16.9 Å². The topological polar surface area (TPSA) is 68.5 Å². The van der Waals surface area contributed by atoms with Crippen molar-refractivity contribution in [2.75, 3.05) is 0 Å². The second-order valence-corrected chi connectivity index (χ2v) is 5.42. The van der Waals surface area contributed by atoms with Gasteiger partial charge in [0.1, 0.15) is 12.4 Å². The number of benzene rings is 2. The van der Waals surface area contributed by atoms with Crippen molar-refractivity contribution in [2.24, 2.45) is 12.1 Å². The quantitative estimate of drug-likeness (QED) is 0.557. The average molecular weight is 334 g/mol. The summed E-state index contributed by atoms with van der Waals surface area (Å²) in [5, 5.41) is 7.97. The summed E-state index contributed by atoms with van der Waals surface area (Å²) in [6.07, 6.45) is 3.27. The largest absolute Gasteiger partial charge is 0.489 e. The maximum atomic E-state index is 11.8. The first-order chi connectivity index (χ1) is 12.2. The Bertz CT molecular complexity index is 872. The number of carbonyl (C=O) groups excluding carboxylic acids is 1. The normalized spacial score (nSPS) is 10.8. The van der Waals surface area contributed by atoms with Gasteiger partial charge < -0.3 is 4.74 Å². The molecule has 0 aliphatic heterocycles. The van der Waals surface area contributed by atoms with Crippen LogP contribution in [0.15, 0.2) is 72.0 Å². The molecule has 0 bridgehead atoms. The molecule has 0 unspecified atom stereocenters. The fourth-order valence-electron chi connectivity index (χ4n) is 2.18. The van der Waals surface area contributed by atoms with Gasteiger partial charge in [-0.25, -0.2) is 5.43 Å². The molecule has 0 radical (unpaired) electrons. The molecule has 126 valence electrons. The van der Waals surface area contributed by atoms with Crippen molar-refractivity contribution in [2.45, 2.75) is 6.61 Å². The number of aromatic nitrogens is 2. The second-order valence-electron chi connectivity index (χ2n) is 5.42. The highest BCUT2D eigenvalue weighted by atomic mass is 16.5. The summed E-state index contributed by atoms with van der Waals surface area (Å²) in [5.74, 6) is 0.386. The molecule has 1 aromatic heterocycles. The molecule has 2 aromatic carbocycles. The predicted octanol–water partition coefficient (Wildman–Crippen LogP) is 2.76. The molecule has 0 aliphatic rings. The summed E-state index contributed by atoms with van der Waals surface area (Å²) < 4.78 is 7.33. The molecule has 0 atom stereocenters. The number of hydrogen-bond acceptors (Lipinski definition) is 4. The molecule has 0 spiro atoms. The number of ether oxygens (including phenoxy) is 1. The van der Waals surface area contributed by atoms with Crippen LogP contribution in [0.4, 0.5) is 0 Å². The van der Waals surface area contributed by atoms with Crippen molar-refractivity contribution in [3.8, 4) is 5.75 Å². The lowest BCUT2D eigenvalue weighted by molar-refractivity contribution is 0.0949. The van der Waals surface area contributed by atoms with E-state index >= 15 is 0 Å². The molecular weight excluding hydrogens is 316 g/mol. The van der Waals surface area contributed by atoms with Gasteiger partial charge >= 0.3 is 0 Å². The lowest BCUT2D eigenvalue weighted by atomic mass is 10.2. The van der Waals surface area contributed by atoms with E-state index in [2.05, 4.69) is 15.6 Å².